The number of phenolic OH excluding ortho intramolecular Hbond substituents is 1. The zero-order chi connectivity index (χ0) is 34.2. The minimum Gasteiger partial charge on any atom is -0.507 e. The summed E-state index contributed by atoms with van der Waals surface area (Å²) >= 11 is 0. The molecular formula is C46H36N3OPt-. The van der Waals surface area contributed by atoms with Crippen molar-refractivity contribution in [2.24, 2.45) is 0 Å². The molecule has 0 unspecified atom stereocenters. The number of hydrogen-bond donors (Lipinski definition) is 1. The van der Waals surface area contributed by atoms with Gasteiger partial charge in [0.05, 0.1) is 11.4 Å². The number of fused-ring (bicyclic) bond motifs is 1. The first-order valence-corrected chi connectivity index (χ1v) is 16.9. The van der Waals surface area contributed by atoms with Crippen LogP contribution in [0.1, 0.15) is 26.3 Å². The quantitative estimate of drug-likeness (QED) is 0.170. The minimum absolute atomic E-state index is 0. The van der Waals surface area contributed by atoms with Gasteiger partial charge in [-0.05, 0) is 58.5 Å². The van der Waals surface area contributed by atoms with E-state index in [4.69, 9.17) is 9.97 Å². The second-order valence-electron chi connectivity index (χ2n) is 13.6. The Bertz CT molecular complexity index is 2490. The number of aromatic nitrogens is 3. The Kier molecular flexibility index (Phi) is 9.29. The Balaban J connectivity index is 0.00000406. The summed E-state index contributed by atoms with van der Waals surface area (Å²) in [5, 5.41) is 13.3. The largest absolute Gasteiger partial charge is 0.507 e. The number of nitrogens with zero attached hydrogens (tertiary/aromatic N) is 3. The molecule has 5 heteroatoms. The van der Waals surface area contributed by atoms with Crippen LogP contribution < -0.4 is 0 Å². The average Bonchev–Trinajstić information content (AvgIpc) is 3.55. The van der Waals surface area contributed by atoms with Gasteiger partial charge >= 0.3 is 0 Å². The first-order valence-electron chi connectivity index (χ1n) is 16.9. The normalized spacial score (nSPS) is 11.4. The molecule has 0 fully saturated rings. The van der Waals surface area contributed by atoms with Gasteiger partial charge in [-0.25, -0.2) is 0 Å². The number of aromatic hydroxyl groups is 1. The van der Waals surface area contributed by atoms with Crippen molar-refractivity contribution in [2.45, 2.75) is 26.2 Å². The van der Waals surface area contributed by atoms with Crippen LogP contribution in [0.4, 0.5) is 0 Å². The van der Waals surface area contributed by atoms with Crippen molar-refractivity contribution in [3.05, 3.63) is 170 Å². The van der Waals surface area contributed by atoms with Gasteiger partial charge in [-0.15, -0.1) is 24.3 Å². The summed E-state index contributed by atoms with van der Waals surface area (Å²) in [4.78, 5) is 9.85. The van der Waals surface area contributed by atoms with Crippen LogP contribution in [0.3, 0.4) is 0 Å². The summed E-state index contributed by atoms with van der Waals surface area (Å²) in [6, 6.07) is 53.1. The van der Waals surface area contributed by atoms with Crippen molar-refractivity contribution in [1.29, 1.82) is 0 Å². The zero-order valence-corrected chi connectivity index (χ0v) is 30.9. The van der Waals surface area contributed by atoms with Crippen molar-refractivity contribution in [3.63, 3.8) is 0 Å². The average molecular weight is 842 g/mol. The van der Waals surface area contributed by atoms with Crippen molar-refractivity contribution < 1.29 is 26.2 Å². The maximum atomic E-state index is 11.0. The molecular weight excluding hydrogens is 806 g/mol. The van der Waals surface area contributed by atoms with Gasteiger partial charge in [0, 0.05) is 72.4 Å². The number of phenols is 1. The van der Waals surface area contributed by atoms with Crippen LogP contribution in [0, 0.1) is 6.07 Å². The van der Waals surface area contributed by atoms with Gasteiger partial charge in [0.25, 0.3) is 0 Å². The van der Waals surface area contributed by atoms with Crippen molar-refractivity contribution in [1.82, 2.24) is 14.5 Å². The zero-order valence-electron chi connectivity index (χ0n) is 28.6. The van der Waals surface area contributed by atoms with Crippen LogP contribution >= 0.6 is 0 Å². The van der Waals surface area contributed by atoms with Gasteiger partial charge in [0.2, 0.25) is 0 Å². The molecule has 0 aliphatic heterocycles. The van der Waals surface area contributed by atoms with E-state index in [1.54, 1.807) is 6.07 Å². The molecule has 8 rings (SSSR count). The van der Waals surface area contributed by atoms with Crippen molar-refractivity contribution >= 4 is 10.8 Å². The Morgan fingerprint density at radius 2 is 1.25 bits per heavy atom. The molecule has 0 amide bonds. The van der Waals surface area contributed by atoms with E-state index < -0.39 is 0 Å². The fourth-order valence-electron chi connectivity index (χ4n) is 6.63. The van der Waals surface area contributed by atoms with E-state index in [0.29, 0.717) is 11.3 Å². The first kappa shape index (κ1) is 33.9. The number of hydrogen-bond acceptors (Lipinski definition) is 3. The minimum atomic E-state index is -0.00312. The fourth-order valence-corrected chi connectivity index (χ4v) is 6.63. The predicted octanol–water partition coefficient (Wildman–Crippen LogP) is 11.6. The molecule has 0 saturated carbocycles. The third-order valence-electron chi connectivity index (χ3n) is 9.23. The van der Waals surface area contributed by atoms with Gasteiger partial charge in [0.15, 0.2) is 0 Å². The Morgan fingerprint density at radius 3 is 2.02 bits per heavy atom. The van der Waals surface area contributed by atoms with Crippen LogP contribution in [0.5, 0.6) is 5.75 Å². The van der Waals surface area contributed by atoms with E-state index in [1.807, 2.05) is 48.7 Å². The summed E-state index contributed by atoms with van der Waals surface area (Å²) < 4.78 is 2.28. The number of rotatable bonds is 6. The summed E-state index contributed by atoms with van der Waals surface area (Å²) in [5.74, 6) is 0.182. The fraction of sp³-hybridized carbons (Fsp3) is 0.0870. The summed E-state index contributed by atoms with van der Waals surface area (Å²) in [6.45, 7) is 6.62. The van der Waals surface area contributed by atoms with Gasteiger partial charge in [0.1, 0.15) is 5.75 Å². The maximum Gasteiger partial charge on any atom is 0.124 e. The van der Waals surface area contributed by atoms with Crippen LogP contribution in [-0.4, -0.2) is 19.6 Å². The van der Waals surface area contributed by atoms with Crippen molar-refractivity contribution in [3.8, 4) is 67.6 Å². The molecule has 0 bridgehead atoms. The Labute approximate surface area is 313 Å². The number of benzene rings is 5. The van der Waals surface area contributed by atoms with Crippen LogP contribution in [-0.2, 0) is 26.5 Å². The molecule has 3 aromatic heterocycles. The van der Waals surface area contributed by atoms with Crippen LogP contribution in [0.15, 0.2) is 158 Å². The molecule has 0 atom stereocenters. The molecule has 1 N–H and O–H groups in total. The van der Waals surface area contributed by atoms with E-state index in [9.17, 15) is 5.11 Å². The van der Waals surface area contributed by atoms with Crippen molar-refractivity contribution in [2.75, 3.05) is 0 Å². The number of para-hydroxylation sites is 2. The van der Waals surface area contributed by atoms with Gasteiger partial charge in [-0.2, -0.15) is 0 Å². The molecule has 8 aromatic rings. The Hall–Kier alpha value is -5.57. The molecule has 252 valence electrons. The molecule has 4 nitrogen and oxygen atoms in total. The second-order valence-corrected chi connectivity index (χ2v) is 13.6. The molecule has 51 heavy (non-hydrogen) atoms. The molecule has 5 aromatic carbocycles. The van der Waals surface area contributed by atoms with Gasteiger partial charge in [-0.1, -0.05) is 123 Å². The summed E-state index contributed by atoms with van der Waals surface area (Å²) in [7, 11) is 0. The molecule has 0 aliphatic carbocycles. The molecule has 0 saturated heterocycles. The maximum absolute atomic E-state index is 11.0. The molecule has 0 spiro atoms. The van der Waals surface area contributed by atoms with Crippen LogP contribution in [0.25, 0.3) is 72.6 Å². The third kappa shape index (κ3) is 6.68. The number of pyridine rings is 2. The SMILES string of the molecule is CC(C)(C)c1ccnc(-c2[c-]c(-c3cc(-c4ccccc4-c4c5ccccc5cn4-c4ccccc4)cc(-c4ccccc4O)n3)ccc2)c1.[Pt]. The van der Waals surface area contributed by atoms with E-state index in [-0.39, 0.29) is 32.2 Å². The standard InChI is InChI=1S/C46H36N3O.Pt/c1-46(2,3)35-24-25-47-41(29-35)31-15-13-16-32(26-31)42-27-34(28-43(48-42)40-22-11-12-23-44(40)50)37-19-9-10-21-39(37)45-38-20-8-7-14-33(38)30-49(45)36-17-5-4-6-18-36;/h4-25,27-30,50H,1-3H3;/q-1;. The van der Waals surface area contributed by atoms with Gasteiger partial charge < -0.3 is 9.67 Å². The van der Waals surface area contributed by atoms with Crippen LogP contribution in [0.2, 0.25) is 0 Å². The Morgan fingerprint density at radius 1 is 0.608 bits per heavy atom. The molecule has 3 heterocycles. The second kappa shape index (κ2) is 14.0. The summed E-state index contributed by atoms with van der Waals surface area (Å²) in [5.41, 5.74) is 11.3. The van der Waals surface area contributed by atoms with E-state index in [0.717, 1.165) is 50.6 Å². The third-order valence-corrected chi connectivity index (χ3v) is 9.23. The summed E-state index contributed by atoms with van der Waals surface area (Å²) in [6.07, 6.45) is 4.09. The van der Waals surface area contributed by atoms with E-state index in [1.165, 1.54) is 16.3 Å². The van der Waals surface area contributed by atoms with E-state index >= 15 is 0 Å². The monoisotopic (exact) mass is 841 g/mol. The first-order chi connectivity index (χ1) is 24.3. The van der Waals surface area contributed by atoms with Gasteiger partial charge in [-0.3, -0.25) is 9.97 Å². The predicted molar refractivity (Wildman–Crippen MR) is 205 cm³/mol. The topological polar surface area (TPSA) is 50.9 Å². The smallest absolute Gasteiger partial charge is 0.124 e. The molecule has 0 radical (unpaired) electrons. The van der Waals surface area contributed by atoms with E-state index in [2.05, 4.69) is 135 Å². The molecule has 0 aliphatic rings.